The second-order valence-corrected chi connectivity index (χ2v) is 6.65. The molecule has 5 heteroatoms. The lowest BCUT2D eigenvalue weighted by Crippen LogP contribution is -2.45. The zero-order valence-electron chi connectivity index (χ0n) is 13.4. The number of carbonyl (C=O) groups is 1. The van der Waals surface area contributed by atoms with E-state index in [4.69, 9.17) is 15.2 Å². The fourth-order valence-electron chi connectivity index (χ4n) is 2.44. The zero-order chi connectivity index (χ0) is 15.2. The van der Waals surface area contributed by atoms with Gasteiger partial charge in [0.1, 0.15) is 5.60 Å². The third-order valence-corrected chi connectivity index (χ3v) is 3.61. The number of ether oxygens (including phenoxy) is 2. The Morgan fingerprint density at radius 1 is 1.43 bits per heavy atom. The highest BCUT2D eigenvalue weighted by molar-refractivity contribution is 5.68. The summed E-state index contributed by atoms with van der Waals surface area (Å²) >= 11 is 0. The Morgan fingerprint density at radius 2 is 2.10 bits per heavy atom. The molecule has 21 heavy (non-hydrogen) atoms. The minimum Gasteiger partial charge on any atom is -0.444 e. The van der Waals surface area contributed by atoms with Crippen LogP contribution < -0.4 is 5.73 Å². The molecule has 1 fully saturated rings. The largest absolute Gasteiger partial charge is 0.444 e. The Balaban J connectivity index is 0.00000400. The molecule has 1 saturated heterocycles. The number of carbonyl (C=O) groups excluding carboxylic acids is 1. The lowest BCUT2D eigenvalue weighted by Gasteiger charge is -2.32. The molecule has 0 spiro atoms. The van der Waals surface area contributed by atoms with Gasteiger partial charge >= 0.3 is 6.09 Å². The van der Waals surface area contributed by atoms with Crippen molar-refractivity contribution in [3.63, 3.8) is 0 Å². The number of nitrogens with two attached hydrogens (primary N) is 1. The van der Waals surface area contributed by atoms with Crippen LogP contribution in [0.15, 0.2) is 0 Å². The van der Waals surface area contributed by atoms with Crippen molar-refractivity contribution < 1.29 is 14.3 Å². The molecule has 0 aromatic carbocycles. The molecule has 0 saturated carbocycles. The highest BCUT2D eigenvalue weighted by Gasteiger charge is 2.27. The zero-order valence-corrected chi connectivity index (χ0v) is 13.4. The number of rotatable bonds is 4. The summed E-state index contributed by atoms with van der Waals surface area (Å²) < 4.78 is 11.0. The van der Waals surface area contributed by atoms with Gasteiger partial charge in [-0.15, -0.1) is 0 Å². The highest BCUT2D eigenvalue weighted by Crippen LogP contribution is 2.21. The van der Waals surface area contributed by atoms with Gasteiger partial charge in [0, 0.05) is 32.8 Å². The van der Waals surface area contributed by atoms with E-state index in [0.29, 0.717) is 12.5 Å². The predicted molar refractivity (Wildman–Crippen MR) is 86.3 cm³/mol. The molecule has 0 aliphatic carbocycles. The van der Waals surface area contributed by atoms with Crippen molar-refractivity contribution in [1.82, 2.24) is 4.90 Å². The van der Waals surface area contributed by atoms with Gasteiger partial charge in [0.05, 0.1) is 0 Å². The Morgan fingerprint density at radius 3 is 2.67 bits per heavy atom. The lowest BCUT2D eigenvalue weighted by molar-refractivity contribution is 0.0187. The molecule has 126 valence electrons. The standard InChI is InChI=1S/C15H30N2O3.CH4/c1-15(2,3)20-14(18)17(4)13(10-16)9-12-7-5-6-8-19-11-12;/h12-13H,5-11,16H2,1-4H3;1H4. The summed E-state index contributed by atoms with van der Waals surface area (Å²) in [6.07, 6.45) is 4.05. The van der Waals surface area contributed by atoms with Crippen LogP contribution in [-0.4, -0.2) is 49.4 Å². The van der Waals surface area contributed by atoms with E-state index in [0.717, 1.165) is 32.5 Å². The van der Waals surface area contributed by atoms with E-state index in [1.807, 2.05) is 20.8 Å². The summed E-state index contributed by atoms with van der Waals surface area (Å²) in [6.45, 7) is 7.69. The Hall–Kier alpha value is -0.810. The molecule has 1 rings (SSSR count). The van der Waals surface area contributed by atoms with E-state index in [-0.39, 0.29) is 19.6 Å². The van der Waals surface area contributed by atoms with Crippen molar-refractivity contribution in [2.75, 3.05) is 26.8 Å². The summed E-state index contributed by atoms with van der Waals surface area (Å²) in [5.74, 6) is 0.482. The molecular formula is C16H34N2O3. The van der Waals surface area contributed by atoms with Gasteiger partial charge in [-0.3, -0.25) is 0 Å². The first kappa shape index (κ1) is 20.2. The number of amides is 1. The van der Waals surface area contributed by atoms with Crippen molar-refractivity contribution in [3.8, 4) is 0 Å². The highest BCUT2D eigenvalue weighted by atomic mass is 16.6. The Bertz CT molecular complexity index is 294. The molecule has 0 aromatic rings. The average Bonchev–Trinajstić information content (AvgIpc) is 2.61. The molecule has 1 amide bonds. The number of hydrogen-bond acceptors (Lipinski definition) is 4. The maximum atomic E-state index is 12.1. The van der Waals surface area contributed by atoms with Crippen molar-refractivity contribution >= 4 is 6.09 Å². The Kier molecular flexibility index (Phi) is 8.90. The van der Waals surface area contributed by atoms with Crippen LogP contribution in [0.3, 0.4) is 0 Å². The van der Waals surface area contributed by atoms with Crippen LogP contribution >= 0.6 is 0 Å². The first-order chi connectivity index (χ1) is 9.33. The fraction of sp³-hybridized carbons (Fsp3) is 0.938. The summed E-state index contributed by atoms with van der Waals surface area (Å²) in [5.41, 5.74) is 5.36. The molecule has 2 atom stereocenters. The van der Waals surface area contributed by atoms with Gasteiger partial charge in [0.2, 0.25) is 0 Å². The summed E-state index contributed by atoms with van der Waals surface area (Å²) in [5, 5.41) is 0. The quantitative estimate of drug-likeness (QED) is 0.867. The number of likely N-dealkylation sites (N-methyl/N-ethyl adjacent to an activating group) is 1. The SMILES string of the molecule is C.CN(C(=O)OC(C)(C)C)C(CN)CC1CCCCOC1. The van der Waals surface area contributed by atoms with Crippen LogP contribution in [0.2, 0.25) is 0 Å². The van der Waals surface area contributed by atoms with Gasteiger partial charge in [-0.1, -0.05) is 13.8 Å². The van der Waals surface area contributed by atoms with E-state index >= 15 is 0 Å². The van der Waals surface area contributed by atoms with E-state index in [2.05, 4.69) is 0 Å². The topological polar surface area (TPSA) is 64.8 Å². The molecule has 1 aliphatic rings. The maximum absolute atomic E-state index is 12.1. The molecule has 0 bridgehead atoms. The predicted octanol–water partition coefficient (Wildman–Crippen LogP) is 3.02. The molecule has 2 N–H and O–H groups in total. The third-order valence-electron chi connectivity index (χ3n) is 3.61. The molecule has 1 aliphatic heterocycles. The average molecular weight is 302 g/mol. The van der Waals surface area contributed by atoms with Gasteiger partial charge in [0.25, 0.3) is 0 Å². The van der Waals surface area contributed by atoms with Gasteiger partial charge < -0.3 is 20.1 Å². The molecule has 5 nitrogen and oxygen atoms in total. The summed E-state index contributed by atoms with van der Waals surface area (Å²) in [7, 11) is 1.77. The van der Waals surface area contributed by atoms with Crippen LogP contribution in [0.4, 0.5) is 4.79 Å². The molecular weight excluding hydrogens is 268 g/mol. The molecule has 0 radical (unpaired) electrons. The van der Waals surface area contributed by atoms with Crippen LogP contribution in [-0.2, 0) is 9.47 Å². The number of nitrogens with zero attached hydrogens (tertiary/aromatic N) is 1. The van der Waals surface area contributed by atoms with Crippen LogP contribution in [0, 0.1) is 5.92 Å². The summed E-state index contributed by atoms with van der Waals surface area (Å²) in [6, 6.07) is 0.0107. The first-order valence-electron chi connectivity index (χ1n) is 7.57. The minimum atomic E-state index is -0.476. The van der Waals surface area contributed by atoms with Gasteiger partial charge in [-0.05, 0) is 46.0 Å². The van der Waals surface area contributed by atoms with E-state index < -0.39 is 5.60 Å². The molecule has 2 unspecified atom stereocenters. The summed E-state index contributed by atoms with van der Waals surface area (Å²) in [4.78, 5) is 13.7. The fourth-order valence-corrected chi connectivity index (χ4v) is 2.44. The van der Waals surface area contributed by atoms with Crippen molar-refractivity contribution in [2.45, 2.75) is 65.5 Å². The van der Waals surface area contributed by atoms with Crippen molar-refractivity contribution in [3.05, 3.63) is 0 Å². The van der Waals surface area contributed by atoms with Gasteiger partial charge in [0.15, 0.2) is 0 Å². The smallest absolute Gasteiger partial charge is 0.410 e. The molecule has 0 aromatic heterocycles. The normalized spacial score (nSPS) is 20.9. The van der Waals surface area contributed by atoms with Gasteiger partial charge in [-0.25, -0.2) is 4.79 Å². The molecule has 1 heterocycles. The van der Waals surface area contributed by atoms with Crippen LogP contribution in [0.1, 0.15) is 53.9 Å². The number of hydrogen-bond donors (Lipinski definition) is 1. The van der Waals surface area contributed by atoms with Crippen molar-refractivity contribution in [1.29, 1.82) is 0 Å². The lowest BCUT2D eigenvalue weighted by atomic mass is 9.95. The first-order valence-corrected chi connectivity index (χ1v) is 7.57. The van der Waals surface area contributed by atoms with E-state index in [1.165, 1.54) is 6.42 Å². The second kappa shape index (κ2) is 9.26. The van der Waals surface area contributed by atoms with Gasteiger partial charge in [-0.2, -0.15) is 0 Å². The monoisotopic (exact) mass is 302 g/mol. The minimum absolute atomic E-state index is 0. The third kappa shape index (κ3) is 7.67. The van der Waals surface area contributed by atoms with E-state index in [9.17, 15) is 4.79 Å². The Labute approximate surface area is 130 Å². The van der Waals surface area contributed by atoms with Crippen molar-refractivity contribution in [2.24, 2.45) is 11.7 Å². The van der Waals surface area contributed by atoms with E-state index in [1.54, 1.807) is 11.9 Å². The second-order valence-electron chi connectivity index (χ2n) is 6.65. The van der Waals surface area contributed by atoms with Crippen LogP contribution in [0.25, 0.3) is 0 Å². The maximum Gasteiger partial charge on any atom is 0.410 e. The van der Waals surface area contributed by atoms with Crippen LogP contribution in [0.5, 0.6) is 0 Å².